The van der Waals surface area contributed by atoms with Crippen LogP contribution in [0.2, 0.25) is 0 Å². The molecule has 2 N–H and O–H groups in total. The van der Waals surface area contributed by atoms with Crippen LogP contribution in [0.5, 0.6) is 0 Å². The third-order valence-corrected chi connectivity index (χ3v) is 7.99. The molecule has 4 rings (SSSR count). The standard InChI is InChI=1S/C31H34N2O5S/c1-7-38-31(36)26-24(22-14-12-21(13-15-22)18(4)5)25(30(35)37-6)27(32)33-28(34)23(39-29(26)33)16-19-8-10-20(11-9-19)17(2)3/h8-18,24H,7,32H2,1-6H3. The van der Waals surface area contributed by atoms with Gasteiger partial charge in [-0.25, -0.2) is 9.59 Å². The average Bonchev–Trinajstić information content (AvgIpc) is 3.24. The van der Waals surface area contributed by atoms with Crippen molar-refractivity contribution in [3.05, 3.63) is 95.9 Å². The fourth-order valence-electron chi connectivity index (χ4n) is 4.70. The number of ether oxygens (including phenoxy) is 2. The molecular weight excluding hydrogens is 512 g/mol. The number of carbonyl (C=O) groups is 2. The highest BCUT2D eigenvalue weighted by Crippen LogP contribution is 2.38. The number of esters is 2. The Morgan fingerprint density at radius 1 is 0.949 bits per heavy atom. The minimum absolute atomic E-state index is 0.0260. The van der Waals surface area contributed by atoms with Gasteiger partial charge in [0.1, 0.15) is 10.5 Å². The number of carbonyl (C=O) groups excluding carboxylic acids is 2. The van der Waals surface area contributed by atoms with Crippen molar-refractivity contribution in [1.82, 2.24) is 4.57 Å². The molecule has 0 aliphatic carbocycles. The van der Waals surface area contributed by atoms with Gasteiger partial charge in [-0.1, -0.05) is 76.2 Å². The average molecular weight is 547 g/mol. The van der Waals surface area contributed by atoms with Gasteiger partial charge in [0.25, 0.3) is 5.56 Å². The van der Waals surface area contributed by atoms with Crippen LogP contribution in [0.15, 0.2) is 58.9 Å². The van der Waals surface area contributed by atoms with Crippen LogP contribution >= 0.6 is 11.3 Å². The van der Waals surface area contributed by atoms with Gasteiger partial charge in [0.15, 0.2) is 0 Å². The number of rotatable bonds is 7. The van der Waals surface area contributed by atoms with Crippen molar-refractivity contribution >= 4 is 40.7 Å². The van der Waals surface area contributed by atoms with Crippen molar-refractivity contribution in [3.63, 3.8) is 0 Å². The molecule has 0 fully saturated rings. The zero-order chi connectivity index (χ0) is 28.4. The lowest BCUT2D eigenvalue weighted by atomic mass is 9.82. The van der Waals surface area contributed by atoms with Crippen molar-refractivity contribution in [2.45, 2.75) is 52.4 Å². The van der Waals surface area contributed by atoms with Crippen LogP contribution in [0.25, 0.3) is 17.5 Å². The van der Waals surface area contributed by atoms with Crippen LogP contribution in [0.4, 0.5) is 0 Å². The van der Waals surface area contributed by atoms with E-state index in [9.17, 15) is 14.4 Å². The second-order valence-electron chi connectivity index (χ2n) is 10.1. The topological polar surface area (TPSA) is 101 Å². The Kier molecular flexibility index (Phi) is 8.25. The van der Waals surface area contributed by atoms with Gasteiger partial charge in [-0.3, -0.25) is 9.36 Å². The van der Waals surface area contributed by atoms with E-state index >= 15 is 0 Å². The first-order valence-corrected chi connectivity index (χ1v) is 13.8. The Balaban J connectivity index is 2.04. The molecule has 2 heterocycles. The normalized spacial score (nSPS) is 15.6. The molecule has 1 atom stereocenters. The van der Waals surface area contributed by atoms with Gasteiger partial charge < -0.3 is 15.2 Å². The smallest absolute Gasteiger partial charge is 0.338 e. The highest BCUT2D eigenvalue weighted by atomic mass is 32.1. The van der Waals surface area contributed by atoms with Gasteiger partial charge in [0.05, 0.1) is 35.3 Å². The van der Waals surface area contributed by atoms with Crippen molar-refractivity contribution in [2.24, 2.45) is 5.73 Å². The fourth-order valence-corrected chi connectivity index (χ4v) is 5.86. The number of fused-ring (bicyclic) bond motifs is 1. The van der Waals surface area contributed by atoms with E-state index in [4.69, 9.17) is 15.2 Å². The lowest BCUT2D eigenvalue weighted by Gasteiger charge is -2.27. The number of nitrogens with zero attached hydrogens (tertiary/aromatic N) is 1. The number of thiazole rings is 1. The molecular formula is C31H34N2O5S. The van der Waals surface area contributed by atoms with E-state index in [2.05, 4.69) is 27.7 Å². The number of nitrogens with two attached hydrogens (primary N) is 1. The molecule has 8 heteroatoms. The summed E-state index contributed by atoms with van der Waals surface area (Å²) in [6, 6.07) is 15.6. The predicted octanol–water partition coefficient (Wildman–Crippen LogP) is 3.80. The maximum Gasteiger partial charge on any atom is 0.338 e. The van der Waals surface area contributed by atoms with Gasteiger partial charge >= 0.3 is 11.9 Å². The summed E-state index contributed by atoms with van der Waals surface area (Å²) in [5.41, 5.74) is 10.1. The van der Waals surface area contributed by atoms with Crippen LogP contribution in [0.1, 0.15) is 74.6 Å². The summed E-state index contributed by atoms with van der Waals surface area (Å²) in [5, 5.41) is 0. The van der Waals surface area contributed by atoms with Crippen LogP contribution in [-0.4, -0.2) is 30.2 Å². The maximum absolute atomic E-state index is 13.7. The number of hydrogen-bond acceptors (Lipinski definition) is 7. The monoisotopic (exact) mass is 546 g/mol. The van der Waals surface area contributed by atoms with E-state index < -0.39 is 23.4 Å². The molecule has 0 amide bonds. The van der Waals surface area contributed by atoms with Gasteiger partial charge in [0.2, 0.25) is 0 Å². The van der Waals surface area contributed by atoms with E-state index in [1.165, 1.54) is 17.2 Å². The number of benzene rings is 2. The second-order valence-corrected chi connectivity index (χ2v) is 11.1. The lowest BCUT2D eigenvalue weighted by molar-refractivity contribution is -0.136. The summed E-state index contributed by atoms with van der Waals surface area (Å²) in [4.78, 5) is 40.3. The fraction of sp³-hybridized carbons (Fsp3) is 0.323. The van der Waals surface area contributed by atoms with Crippen molar-refractivity contribution in [1.29, 1.82) is 0 Å². The van der Waals surface area contributed by atoms with E-state index in [0.717, 1.165) is 22.5 Å². The summed E-state index contributed by atoms with van der Waals surface area (Å²) >= 11 is 1.15. The Hall–Kier alpha value is -3.91. The molecule has 204 valence electrons. The van der Waals surface area contributed by atoms with Crippen LogP contribution in [-0.2, 0) is 19.1 Å². The minimum Gasteiger partial charge on any atom is -0.466 e. The molecule has 39 heavy (non-hydrogen) atoms. The molecule has 1 aliphatic rings. The Bertz CT molecular complexity index is 1610. The zero-order valence-electron chi connectivity index (χ0n) is 23.1. The third kappa shape index (κ3) is 5.34. The van der Waals surface area contributed by atoms with Crippen molar-refractivity contribution < 1.29 is 19.1 Å². The minimum atomic E-state index is -0.867. The summed E-state index contributed by atoms with van der Waals surface area (Å²) in [5.74, 6) is -1.57. The largest absolute Gasteiger partial charge is 0.466 e. The summed E-state index contributed by atoms with van der Waals surface area (Å²) in [6.45, 7) is 10.2. The first-order chi connectivity index (χ1) is 18.6. The van der Waals surface area contributed by atoms with Crippen LogP contribution in [0, 0.1) is 0 Å². The summed E-state index contributed by atoms with van der Waals surface area (Å²) in [6.07, 6.45) is 1.77. The van der Waals surface area contributed by atoms with Crippen molar-refractivity contribution in [2.75, 3.05) is 13.7 Å². The number of aromatic nitrogens is 1. The van der Waals surface area contributed by atoms with Crippen LogP contribution in [0.3, 0.4) is 0 Å². The molecule has 2 aromatic carbocycles. The molecule has 0 saturated heterocycles. The predicted molar refractivity (Wildman–Crippen MR) is 155 cm³/mol. The zero-order valence-corrected chi connectivity index (χ0v) is 23.9. The first kappa shape index (κ1) is 28.1. The van der Waals surface area contributed by atoms with Gasteiger partial charge in [-0.05, 0) is 47.1 Å². The highest BCUT2D eigenvalue weighted by molar-refractivity contribution is 7.07. The second kappa shape index (κ2) is 11.5. The number of methoxy groups -OCH3 is 1. The highest BCUT2D eigenvalue weighted by Gasteiger charge is 2.39. The molecule has 1 aliphatic heterocycles. The number of hydrogen-bond donors (Lipinski definition) is 1. The SMILES string of the molecule is CCOC(=O)C1=c2sc(=Cc3ccc(C(C)C)cc3)c(=O)n2C(N)=C(C(=O)OC)C1c1ccc(C(C)C)cc1. The van der Waals surface area contributed by atoms with Crippen LogP contribution < -0.4 is 20.5 Å². The Morgan fingerprint density at radius 3 is 2.03 bits per heavy atom. The van der Waals surface area contributed by atoms with E-state index in [1.54, 1.807) is 13.0 Å². The Morgan fingerprint density at radius 2 is 1.51 bits per heavy atom. The van der Waals surface area contributed by atoms with Gasteiger partial charge in [-0.2, -0.15) is 0 Å². The molecule has 0 radical (unpaired) electrons. The summed E-state index contributed by atoms with van der Waals surface area (Å²) < 4.78 is 12.5. The third-order valence-electron chi connectivity index (χ3n) is 6.89. The van der Waals surface area contributed by atoms with Gasteiger partial charge in [0, 0.05) is 0 Å². The molecule has 1 aromatic heterocycles. The molecule has 0 bridgehead atoms. The molecule has 1 unspecified atom stereocenters. The van der Waals surface area contributed by atoms with E-state index in [0.29, 0.717) is 26.6 Å². The molecule has 0 saturated carbocycles. The van der Waals surface area contributed by atoms with E-state index in [-0.39, 0.29) is 23.6 Å². The van der Waals surface area contributed by atoms with E-state index in [1.807, 2.05) is 48.5 Å². The quantitative estimate of drug-likeness (QED) is 0.453. The first-order valence-electron chi connectivity index (χ1n) is 13.0. The molecule has 0 spiro atoms. The molecule has 3 aromatic rings. The van der Waals surface area contributed by atoms with Crippen molar-refractivity contribution in [3.8, 4) is 0 Å². The Labute approximate surface area is 231 Å². The van der Waals surface area contributed by atoms with Gasteiger partial charge in [-0.15, -0.1) is 11.3 Å². The maximum atomic E-state index is 13.7. The lowest BCUT2D eigenvalue weighted by Crippen LogP contribution is -2.41. The molecule has 7 nitrogen and oxygen atoms in total. The summed E-state index contributed by atoms with van der Waals surface area (Å²) in [7, 11) is 1.25.